The van der Waals surface area contributed by atoms with Crippen molar-refractivity contribution in [3.63, 3.8) is 0 Å². The van der Waals surface area contributed by atoms with Crippen molar-refractivity contribution in [3.05, 3.63) is 0 Å². The van der Waals surface area contributed by atoms with Crippen molar-refractivity contribution < 1.29 is 0 Å². The molecule has 1 heterocycles. The van der Waals surface area contributed by atoms with Gasteiger partial charge in [0.15, 0.2) is 0 Å². The van der Waals surface area contributed by atoms with Gasteiger partial charge in [0.05, 0.1) is 0 Å². The van der Waals surface area contributed by atoms with Crippen LogP contribution in [0.5, 0.6) is 0 Å². The molecule has 1 rings (SSSR count). The van der Waals surface area contributed by atoms with Crippen LogP contribution in [0.15, 0.2) is 0 Å². The summed E-state index contributed by atoms with van der Waals surface area (Å²) in [5.41, 5.74) is 3.03. The molecule has 1 unspecified atom stereocenters. The maximum atomic E-state index is 5.45. The number of rotatable bonds is 3. The van der Waals surface area contributed by atoms with Gasteiger partial charge in [-0.2, -0.15) is 0 Å². The van der Waals surface area contributed by atoms with E-state index in [4.69, 9.17) is 5.84 Å². The molecule has 1 aliphatic rings. The lowest BCUT2D eigenvalue weighted by molar-refractivity contribution is 0.114. The fourth-order valence-electron chi connectivity index (χ4n) is 1.77. The Balaban J connectivity index is 2.56. The summed E-state index contributed by atoms with van der Waals surface area (Å²) < 4.78 is 0. The third-order valence-electron chi connectivity index (χ3n) is 3.23. The zero-order valence-corrected chi connectivity index (χ0v) is 8.43. The molecule has 3 heteroatoms. The van der Waals surface area contributed by atoms with Crippen molar-refractivity contribution >= 4 is 0 Å². The van der Waals surface area contributed by atoms with Crippen molar-refractivity contribution in [3.8, 4) is 0 Å². The first kappa shape index (κ1) is 9.96. The van der Waals surface area contributed by atoms with Gasteiger partial charge >= 0.3 is 0 Å². The molecule has 1 fully saturated rings. The topological polar surface area (TPSA) is 41.3 Å². The molecule has 0 aromatic rings. The monoisotopic (exact) mass is 171 g/mol. The molecule has 0 aromatic heterocycles. The van der Waals surface area contributed by atoms with Crippen LogP contribution in [0.3, 0.4) is 0 Å². The zero-order valence-electron chi connectivity index (χ0n) is 8.43. The summed E-state index contributed by atoms with van der Waals surface area (Å²) in [6.07, 6.45) is 2.67. The van der Waals surface area contributed by atoms with E-state index < -0.39 is 0 Å². The molecule has 1 atom stereocenters. The fraction of sp³-hybridized carbons (Fsp3) is 1.00. The minimum absolute atomic E-state index is 0.186. The fourth-order valence-corrected chi connectivity index (χ4v) is 1.77. The Hall–Kier alpha value is -0.120. The lowest BCUT2D eigenvalue weighted by Crippen LogP contribution is -2.57. The number of hydrazine groups is 1. The van der Waals surface area contributed by atoms with Crippen LogP contribution in [0.2, 0.25) is 0 Å². The zero-order chi connectivity index (χ0) is 9.19. The molecule has 0 aliphatic carbocycles. The highest BCUT2D eigenvalue weighted by molar-refractivity contribution is 4.91. The van der Waals surface area contributed by atoms with E-state index in [0.29, 0.717) is 6.04 Å². The molecule has 0 aromatic carbocycles. The van der Waals surface area contributed by atoms with Crippen LogP contribution in [0.1, 0.15) is 33.6 Å². The second-order valence-electron chi connectivity index (χ2n) is 4.24. The third kappa shape index (κ3) is 1.79. The number of nitrogens with two attached hydrogens (primary N) is 1. The number of likely N-dealkylation sites (tertiary alicyclic amines) is 1. The first-order valence-electron chi connectivity index (χ1n) is 4.80. The second-order valence-corrected chi connectivity index (χ2v) is 4.24. The van der Waals surface area contributed by atoms with Crippen LogP contribution < -0.4 is 11.3 Å². The van der Waals surface area contributed by atoms with E-state index in [1.807, 2.05) is 0 Å². The number of nitrogens with one attached hydrogen (secondary N) is 1. The predicted molar refractivity (Wildman–Crippen MR) is 51.7 cm³/mol. The molecule has 3 N–H and O–H groups in total. The quantitative estimate of drug-likeness (QED) is 0.485. The van der Waals surface area contributed by atoms with Crippen molar-refractivity contribution in [2.75, 3.05) is 13.1 Å². The van der Waals surface area contributed by atoms with Gasteiger partial charge in [-0.15, -0.1) is 0 Å². The highest BCUT2D eigenvalue weighted by atomic mass is 15.3. The van der Waals surface area contributed by atoms with Crippen LogP contribution in [0, 0.1) is 0 Å². The summed E-state index contributed by atoms with van der Waals surface area (Å²) in [5.74, 6) is 5.45. The van der Waals surface area contributed by atoms with E-state index in [2.05, 4.69) is 31.1 Å². The minimum atomic E-state index is 0.186. The lowest BCUT2D eigenvalue weighted by atomic mass is 9.94. The molecule has 3 nitrogen and oxygen atoms in total. The van der Waals surface area contributed by atoms with Gasteiger partial charge in [0, 0.05) is 11.6 Å². The van der Waals surface area contributed by atoms with E-state index in [-0.39, 0.29) is 5.54 Å². The number of nitrogens with zero attached hydrogens (tertiary/aromatic N) is 1. The van der Waals surface area contributed by atoms with Crippen molar-refractivity contribution in [2.24, 2.45) is 5.84 Å². The second kappa shape index (κ2) is 3.73. The highest BCUT2D eigenvalue weighted by Crippen LogP contribution is 2.23. The Labute approximate surface area is 75.3 Å². The van der Waals surface area contributed by atoms with Gasteiger partial charge in [-0.3, -0.25) is 16.2 Å². The molecule has 0 bridgehead atoms. The summed E-state index contributed by atoms with van der Waals surface area (Å²) in [5, 5.41) is 0. The van der Waals surface area contributed by atoms with Crippen LogP contribution in [-0.4, -0.2) is 29.6 Å². The van der Waals surface area contributed by atoms with Crippen molar-refractivity contribution in [1.82, 2.24) is 10.3 Å². The maximum absolute atomic E-state index is 5.45. The Morgan fingerprint density at radius 1 is 1.33 bits per heavy atom. The van der Waals surface area contributed by atoms with Gasteiger partial charge in [0.2, 0.25) is 0 Å². The minimum Gasteiger partial charge on any atom is -0.297 e. The van der Waals surface area contributed by atoms with E-state index in [1.54, 1.807) is 0 Å². The largest absolute Gasteiger partial charge is 0.297 e. The Bertz CT molecular complexity index is 139. The molecule has 0 saturated carbocycles. The summed E-state index contributed by atoms with van der Waals surface area (Å²) in [7, 11) is 0. The Morgan fingerprint density at radius 2 is 1.83 bits per heavy atom. The molecule has 1 saturated heterocycles. The average Bonchev–Trinajstić information content (AvgIpc) is 2.55. The third-order valence-corrected chi connectivity index (χ3v) is 3.23. The van der Waals surface area contributed by atoms with E-state index >= 15 is 0 Å². The summed E-state index contributed by atoms with van der Waals surface area (Å²) in [6, 6.07) is 0.343. The normalized spacial score (nSPS) is 23.0. The molecule has 0 spiro atoms. The van der Waals surface area contributed by atoms with Gasteiger partial charge in [0.25, 0.3) is 0 Å². The summed E-state index contributed by atoms with van der Waals surface area (Å²) in [6.45, 7) is 9.09. The van der Waals surface area contributed by atoms with Gasteiger partial charge in [-0.05, 0) is 46.7 Å². The molecule has 12 heavy (non-hydrogen) atoms. The van der Waals surface area contributed by atoms with Crippen LogP contribution in [0.4, 0.5) is 0 Å². The molecular formula is C9H21N3. The van der Waals surface area contributed by atoms with Gasteiger partial charge in [-0.25, -0.2) is 0 Å². The van der Waals surface area contributed by atoms with Crippen LogP contribution in [0.25, 0.3) is 0 Å². The average molecular weight is 171 g/mol. The van der Waals surface area contributed by atoms with E-state index in [9.17, 15) is 0 Å². The van der Waals surface area contributed by atoms with Gasteiger partial charge in [0.1, 0.15) is 0 Å². The number of hydrogen-bond acceptors (Lipinski definition) is 3. The predicted octanol–water partition coefficient (Wildman–Crippen LogP) is 0.713. The maximum Gasteiger partial charge on any atom is 0.0361 e. The standard InChI is InChI=1S/C9H21N3/c1-8(11-10)9(2,3)12-6-4-5-7-12/h8,11H,4-7,10H2,1-3H3. The Morgan fingerprint density at radius 3 is 2.25 bits per heavy atom. The van der Waals surface area contributed by atoms with E-state index in [0.717, 1.165) is 0 Å². The molecular weight excluding hydrogens is 150 g/mol. The molecule has 72 valence electrons. The van der Waals surface area contributed by atoms with Crippen LogP contribution >= 0.6 is 0 Å². The Kier molecular flexibility index (Phi) is 3.09. The van der Waals surface area contributed by atoms with Crippen molar-refractivity contribution in [1.29, 1.82) is 0 Å². The SMILES string of the molecule is CC(NN)C(C)(C)N1CCCC1. The van der Waals surface area contributed by atoms with Gasteiger partial charge < -0.3 is 0 Å². The smallest absolute Gasteiger partial charge is 0.0361 e. The van der Waals surface area contributed by atoms with Crippen molar-refractivity contribution in [2.45, 2.75) is 45.2 Å². The summed E-state index contributed by atoms with van der Waals surface area (Å²) >= 11 is 0. The first-order valence-corrected chi connectivity index (χ1v) is 4.80. The molecule has 0 amide bonds. The molecule has 1 aliphatic heterocycles. The van der Waals surface area contributed by atoms with E-state index in [1.165, 1.54) is 25.9 Å². The first-order chi connectivity index (χ1) is 5.59. The lowest BCUT2D eigenvalue weighted by Gasteiger charge is -2.40. The van der Waals surface area contributed by atoms with Gasteiger partial charge in [-0.1, -0.05) is 0 Å². The van der Waals surface area contributed by atoms with Crippen LogP contribution in [-0.2, 0) is 0 Å². The summed E-state index contributed by atoms with van der Waals surface area (Å²) in [4.78, 5) is 2.51. The number of hydrogen-bond donors (Lipinski definition) is 2. The molecule has 0 radical (unpaired) electrons. The highest BCUT2D eigenvalue weighted by Gasteiger charge is 2.33.